The van der Waals surface area contributed by atoms with Crippen LogP contribution >= 0.6 is 0 Å². The molecule has 0 spiro atoms. The molecule has 0 radical (unpaired) electrons. The van der Waals surface area contributed by atoms with Crippen molar-refractivity contribution < 1.29 is 19.1 Å². The normalized spacial score (nSPS) is 22.4. The molecule has 3 N–H and O–H groups in total. The minimum atomic E-state index is -0.979. The zero-order valence-corrected chi connectivity index (χ0v) is 14.5. The van der Waals surface area contributed by atoms with Crippen molar-refractivity contribution in [2.45, 2.75) is 71.8 Å². The van der Waals surface area contributed by atoms with Gasteiger partial charge in [0.2, 0.25) is 0 Å². The van der Waals surface area contributed by atoms with E-state index in [-0.39, 0.29) is 17.8 Å². The number of imide groups is 1. The molecule has 3 amide bonds. The molecule has 0 aliphatic heterocycles. The highest BCUT2D eigenvalue weighted by Crippen LogP contribution is 2.32. The number of unbranched alkanes of at least 4 members (excludes halogenated alkanes) is 1. The maximum absolute atomic E-state index is 12.3. The Morgan fingerprint density at radius 2 is 1.78 bits per heavy atom. The number of ether oxygens (including phenoxy) is 1. The van der Waals surface area contributed by atoms with Gasteiger partial charge in [0.15, 0.2) is 6.10 Å². The lowest BCUT2D eigenvalue weighted by atomic mass is 9.80. The second-order valence-electron chi connectivity index (χ2n) is 6.81. The molecule has 0 heterocycles. The molecule has 1 saturated carbocycles. The van der Waals surface area contributed by atoms with E-state index in [2.05, 4.69) is 6.92 Å². The Morgan fingerprint density at radius 1 is 1.17 bits per heavy atom. The Labute approximate surface area is 138 Å². The van der Waals surface area contributed by atoms with E-state index in [9.17, 15) is 14.4 Å². The number of hydrogen-bond donors (Lipinski definition) is 2. The van der Waals surface area contributed by atoms with Gasteiger partial charge in [-0.15, -0.1) is 0 Å². The highest BCUT2D eigenvalue weighted by molar-refractivity contribution is 5.96. The number of rotatable bonds is 7. The van der Waals surface area contributed by atoms with Crippen molar-refractivity contribution in [1.29, 1.82) is 0 Å². The number of nitrogens with one attached hydrogen (secondary N) is 1. The van der Waals surface area contributed by atoms with Gasteiger partial charge in [0, 0.05) is 0 Å². The first-order valence-corrected chi connectivity index (χ1v) is 8.65. The molecular weight excluding hydrogens is 296 g/mol. The van der Waals surface area contributed by atoms with Gasteiger partial charge < -0.3 is 10.5 Å². The van der Waals surface area contributed by atoms with Crippen molar-refractivity contribution in [3.63, 3.8) is 0 Å². The van der Waals surface area contributed by atoms with E-state index < -0.39 is 18.0 Å². The average molecular weight is 326 g/mol. The first-order chi connectivity index (χ1) is 10.8. The Bertz CT molecular complexity index is 415. The van der Waals surface area contributed by atoms with Crippen LogP contribution in [0.4, 0.5) is 4.79 Å². The Hall–Kier alpha value is -1.59. The molecule has 0 bridgehead atoms. The summed E-state index contributed by atoms with van der Waals surface area (Å²) in [6, 6.07) is -0.937. The van der Waals surface area contributed by atoms with Crippen LogP contribution in [0.2, 0.25) is 0 Å². The molecule has 1 aliphatic rings. The average Bonchev–Trinajstić information content (AvgIpc) is 2.49. The predicted molar refractivity (Wildman–Crippen MR) is 87.4 cm³/mol. The van der Waals surface area contributed by atoms with Crippen molar-refractivity contribution in [2.75, 3.05) is 0 Å². The van der Waals surface area contributed by atoms with Gasteiger partial charge in [-0.1, -0.05) is 40.0 Å². The van der Waals surface area contributed by atoms with Crippen molar-refractivity contribution in [1.82, 2.24) is 5.32 Å². The number of nitrogens with two attached hydrogens (primary N) is 1. The van der Waals surface area contributed by atoms with Gasteiger partial charge in [0.05, 0.1) is 5.92 Å². The number of carbonyl (C=O) groups is 3. The summed E-state index contributed by atoms with van der Waals surface area (Å²) in [5.41, 5.74) is 4.95. The van der Waals surface area contributed by atoms with Crippen molar-refractivity contribution >= 4 is 17.9 Å². The molecule has 1 rings (SSSR count). The molecule has 0 aromatic rings. The summed E-state index contributed by atoms with van der Waals surface area (Å²) in [6.07, 6.45) is 6.40. The van der Waals surface area contributed by atoms with Crippen LogP contribution in [0, 0.1) is 17.8 Å². The topological polar surface area (TPSA) is 98.5 Å². The summed E-state index contributed by atoms with van der Waals surface area (Å²) in [5.74, 6) is -0.650. The smallest absolute Gasteiger partial charge is 0.318 e. The molecule has 23 heavy (non-hydrogen) atoms. The molecule has 1 atom stereocenters. The van der Waals surface area contributed by atoms with E-state index in [1.807, 2.05) is 5.32 Å². The van der Waals surface area contributed by atoms with Crippen LogP contribution in [0.5, 0.6) is 0 Å². The first kappa shape index (κ1) is 19.5. The van der Waals surface area contributed by atoms with Gasteiger partial charge in [0.1, 0.15) is 0 Å². The second kappa shape index (κ2) is 9.53. The molecule has 1 fully saturated rings. The van der Waals surface area contributed by atoms with Crippen molar-refractivity contribution in [3.05, 3.63) is 0 Å². The minimum Gasteiger partial charge on any atom is -0.452 e. The zero-order chi connectivity index (χ0) is 17.4. The zero-order valence-electron chi connectivity index (χ0n) is 14.5. The molecule has 6 nitrogen and oxygen atoms in total. The fourth-order valence-electron chi connectivity index (χ4n) is 3.09. The summed E-state index contributed by atoms with van der Waals surface area (Å²) >= 11 is 0. The predicted octanol–water partition coefficient (Wildman–Crippen LogP) is 2.75. The van der Waals surface area contributed by atoms with Gasteiger partial charge in [-0.2, -0.15) is 0 Å². The summed E-state index contributed by atoms with van der Waals surface area (Å²) in [5, 5.41) is 1.99. The molecule has 0 aromatic carbocycles. The maximum atomic E-state index is 12.3. The van der Waals surface area contributed by atoms with Crippen LogP contribution in [0.15, 0.2) is 0 Å². The molecular formula is C17H30N2O4. The lowest BCUT2D eigenvalue weighted by Crippen LogP contribution is -2.46. The van der Waals surface area contributed by atoms with Crippen LogP contribution in [0.25, 0.3) is 0 Å². The fourth-order valence-corrected chi connectivity index (χ4v) is 3.09. The van der Waals surface area contributed by atoms with E-state index in [0.717, 1.165) is 25.7 Å². The third-order valence-electron chi connectivity index (χ3n) is 4.50. The number of esters is 1. The Morgan fingerprint density at radius 3 is 2.26 bits per heavy atom. The van der Waals surface area contributed by atoms with Crippen molar-refractivity contribution in [2.24, 2.45) is 23.5 Å². The van der Waals surface area contributed by atoms with Crippen LogP contribution < -0.4 is 11.1 Å². The lowest BCUT2D eigenvalue weighted by Gasteiger charge is -2.29. The minimum absolute atomic E-state index is 0.143. The van der Waals surface area contributed by atoms with E-state index in [1.54, 1.807) is 13.8 Å². The van der Waals surface area contributed by atoms with Gasteiger partial charge in [0.25, 0.3) is 5.91 Å². The van der Waals surface area contributed by atoms with Gasteiger partial charge in [-0.3, -0.25) is 14.9 Å². The van der Waals surface area contributed by atoms with E-state index in [0.29, 0.717) is 5.92 Å². The number of urea groups is 1. The third kappa shape index (κ3) is 6.59. The van der Waals surface area contributed by atoms with Gasteiger partial charge >= 0.3 is 12.0 Å². The summed E-state index contributed by atoms with van der Waals surface area (Å²) in [6.45, 7) is 5.71. The highest BCUT2D eigenvalue weighted by Gasteiger charge is 2.32. The van der Waals surface area contributed by atoms with Crippen LogP contribution in [0.3, 0.4) is 0 Å². The highest BCUT2D eigenvalue weighted by atomic mass is 16.5. The summed E-state index contributed by atoms with van der Waals surface area (Å²) in [7, 11) is 0. The first-order valence-electron chi connectivity index (χ1n) is 8.65. The fraction of sp³-hybridized carbons (Fsp3) is 0.824. The van der Waals surface area contributed by atoms with Gasteiger partial charge in [-0.05, 0) is 37.5 Å². The second-order valence-corrected chi connectivity index (χ2v) is 6.81. The SMILES string of the molecule is CCCCC1CCC(C(=O)O[C@@H](C(=O)NC(N)=O)C(C)C)CC1. The number of carbonyl (C=O) groups excluding carboxylic acids is 3. The number of primary amides is 1. The van der Waals surface area contributed by atoms with E-state index in [4.69, 9.17) is 10.5 Å². The van der Waals surface area contributed by atoms with Gasteiger partial charge in [-0.25, -0.2) is 4.79 Å². The van der Waals surface area contributed by atoms with Crippen LogP contribution in [0.1, 0.15) is 65.7 Å². The monoisotopic (exact) mass is 326 g/mol. The van der Waals surface area contributed by atoms with Crippen LogP contribution in [-0.2, 0) is 14.3 Å². The number of hydrogen-bond acceptors (Lipinski definition) is 4. The standard InChI is InChI=1S/C17H30N2O4/c1-4-5-6-12-7-9-13(10-8-12)16(21)23-14(11(2)3)15(20)19-17(18)22/h11-14H,4-10H2,1-3H3,(H3,18,19,20,22)/t12?,13?,14-/m1/s1. The third-order valence-corrected chi connectivity index (χ3v) is 4.50. The summed E-state index contributed by atoms with van der Waals surface area (Å²) < 4.78 is 5.37. The molecule has 0 aromatic heterocycles. The molecule has 132 valence electrons. The largest absolute Gasteiger partial charge is 0.452 e. The Kier molecular flexibility index (Phi) is 8.06. The maximum Gasteiger partial charge on any atom is 0.318 e. The quantitative estimate of drug-likeness (QED) is 0.703. The lowest BCUT2D eigenvalue weighted by molar-refractivity contribution is -0.163. The van der Waals surface area contributed by atoms with Crippen molar-refractivity contribution in [3.8, 4) is 0 Å². The molecule has 0 saturated heterocycles. The van der Waals surface area contributed by atoms with E-state index >= 15 is 0 Å². The molecule has 6 heteroatoms. The summed E-state index contributed by atoms with van der Waals surface area (Å²) in [4.78, 5) is 35.0. The number of amides is 3. The van der Waals surface area contributed by atoms with Crippen LogP contribution in [-0.4, -0.2) is 24.0 Å². The molecule has 1 aliphatic carbocycles. The Balaban J connectivity index is 2.50. The molecule has 0 unspecified atom stereocenters. The van der Waals surface area contributed by atoms with E-state index in [1.165, 1.54) is 19.3 Å².